The lowest BCUT2D eigenvalue weighted by atomic mass is 10.0. The molecule has 1 N–H and O–H groups in total. The Hall–Kier alpha value is -1.35. The van der Waals surface area contributed by atoms with Gasteiger partial charge in [-0.1, -0.05) is 31.0 Å². The van der Waals surface area contributed by atoms with Gasteiger partial charge in [-0.15, -0.1) is 0 Å². The van der Waals surface area contributed by atoms with Gasteiger partial charge in [0, 0.05) is 13.0 Å². The summed E-state index contributed by atoms with van der Waals surface area (Å²) in [5.41, 5.74) is 3.87. The summed E-state index contributed by atoms with van der Waals surface area (Å²) in [6.07, 6.45) is 7.92. The van der Waals surface area contributed by atoms with Crippen LogP contribution in [0.15, 0.2) is 18.2 Å². The SMILES string of the molecule is Cc1ccc(CCC(=O)NCCCN2CCCCCC2)cc1C. The maximum absolute atomic E-state index is 11.9. The van der Waals surface area contributed by atoms with Gasteiger partial charge in [-0.25, -0.2) is 0 Å². The molecular formula is C20H32N2O. The van der Waals surface area contributed by atoms with Crippen molar-refractivity contribution in [1.29, 1.82) is 0 Å². The van der Waals surface area contributed by atoms with Gasteiger partial charge in [0.1, 0.15) is 0 Å². The average Bonchev–Trinajstić information content (AvgIpc) is 2.81. The fourth-order valence-corrected chi connectivity index (χ4v) is 3.20. The summed E-state index contributed by atoms with van der Waals surface area (Å²) in [6.45, 7) is 8.65. The summed E-state index contributed by atoms with van der Waals surface area (Å²) in [7, 11) is 0. The number of hydrogen-bond acceptors (Lipinski definition) is 2. The van der Waals surface area contributed by atoms with Crippen LogP contribution in [-0.4, -0.2) is 37.0 Å². The molecule has 3 nitrogen and oxygen atoms in total. The minimum atomic E-state index is 0.180. The van der Waals surface area contributed by atoms with E-state index in [4.69, 9.17) is 0 Å². The van der Waals surface area contributed by atoms with Crippen LogP contribution in [0.4, 0.5) is 0 Å². The van der Waals surface area contributed by atoms with Gasteiger partial charge in [0.2, 0.25) is 5.91 Å². The highest BCUT2D eigenvalue weighted by Gasteiger charge is 2.08. The number of nitrogens with one attached hydrogen (secondary N) is 1. The first-order chi connectivity index (χ1) is 11.1. The minimum Gasteiger partial charge on any atom is -0.356 e. The van der Waals surface area contributed by atoms with Crippen molar-refractivity contribution in [3.8, 4) is 0 Å². The van der Waals surface area contributed by atoms with Gasteiger partial charge in [0.05, 0.1) is 0 Å². The van der Waals surface area contributed by atoms with E-state index in [1.807, 2.05) is 0 Å². The molecule has 0 aliphatic carbocycles. The fraction of sp³-hybridized carbons (Fsp3) is 0.650. The van der Waals surface area contributed by atoms with Gasteiger partial charge >= 0.3 is 0 Å². The third-order valence-electron chi connectivity index (χ3n) is 4.88. The van der Waals surface area contributed by atoms with E-state index in [0.29, 0.717) is 6.42 Å². The lowest BCUT2D eigenvalue weighted by Crippen LogP contribution is -2.30. The molecule has 0 aromatic heterocycles. The number of likely N-dealkylation sites (tertiary alicyclic amines) is 1. The Morgan fingerprint density at radius 1 is 1.09 bits per heavy atom. The van der Waals surface area contributed by atoms with Crippen LogP contribution in [0.3, 0.4) is 0 Å². The molecule has 1 aliphatic rings. The lowest BCUT2D eigenvalue weighted by Gasteiger charge is -2.19. The van der Waals surface area contributed by atoms with Crippen LogP contribution in [0.5, 0.6) is 0 Å². The zero-order chi connectivity index (χ0) is 16.5. The summed E-state index contributed by atoms with van der Waals surface area (Å²) in [5.74, 6) is 0.180. The van der Waals surface area contributed by atoms with Gasteiger partial charge in [-0.2, -0.15) is 0 Å². The van der Waals surface area contributed by atoms with E-state index in [1.165, 1.54) is 55.5 Å². The molecule has 0 radical (unpaired) electrons. The summed E-state index contributed by atoms with van der Waals surface area (Å²) in [5, 5.41) is 3.07. The molecule has 1 aliphatic heterocycles. The molecule has 1 fully saturated rings. The Labute approximate surface area is 141 Å². The normalized spacial score (nSPS) is 16.1. The van der Waals surface area contributed by atoms with Gasteiger partial charge in [-0.05, 0) is 75.9 Å². The Kier molecular flexibility index (Phi) is 7.60. The lowest BCUT2D eigenvalue weighted by molar-refractivity contribution is -0.121. The largest absolute Gasteiger partial charge is 0.356 e. The molecule has 0 unspecified atom stereocenters. The van der Waals surface area contributed by atoms with Gasteiger partial charge < -0.3 is 10.2 Å². The zero-order valence-electron chi connectivity index (χ0n) is 14.9. The quantitative estimate of drug-likeness (QED) is 0.779. The van der Waals surface area contributed by atoms with E-state index < -0.39 is 0 Å². The topological polar surface area (TPSA) is 32.3 Å². The zero-order valence-corrected chi connectivity index (χ0v) is 14.9. The van der Waals surface area contributed by atoms with Crippen molar-refractivity contribution in [3.05, 3.63) is 34.9 Å². The van der Waals surface area contributed by atoms with Crippen molar-refractivity contribution >= 4 is 5.91 Å². The standard InChI is InChI=1S/C20H32N2O/c1-17-8-9-19(16-18(17)2)10-11-20(23)21-12-7-15-22-13-5-3-4-6-14-22/h8-9,16H,3-7,10-15H2,1-2H3,(H,21,23). The molecule has 2 rings (SSSR count). The first-order valence-electron chi connectivity index (χ1n) is 9.20. The van der Waals surface area contributed by atoms with E-state index in [1.54, 1.807) is 0 Å². The van der Waals surface area contributed by atoms with Crippen LogP contribution >= 0.6 is 0 Å². The highest BCUT2D eigenvalue weighted by molar-refractivity contribution is 5.76. The van der Waals surface area contributed by atoms with Crippen LogP contribution in [-0.2, 0) is 11.2 Å². The first-order valence-corrected chi connectivity index (χ1v) is 9.20. The van der Waals surface area contributed by atoms with E-state index in [9.17, 15) is 4.79 Å². The van der Waals surface area contributed by atoms with Crippen LogP contribution in [0.1, 0.15) is 55.2 Å². The van der Waals surface area contributed by atoms with Crippen molar-refractivity contribution in [2.45, 2.75) is 58.8 Å². The second-order valence-electron chi connectivity index (χ2n) is 6.88. The Morgan fingerprint density at radius 3 is 2.52 bits per heavy atom. The van der Waals surface area contributed by atoms with Crippen LogP contribution in [0.2, 0.25) is 0 Å². The summed E-state index contributed by atoms with van der Waals surface area (Å²) < 4.78 is 0. The number of aryl methyl sites for hydroxylation is 3. The summed E-state index contributed by atoms with van der Waals surface area (Å²) in [4.78, 5) is 14.5. The van der Waals surface area contributed by atoms with Crippen LogP contribution in [0, 0.1) is 13.8 Å². The number of hydrogen-bond donors (Lipinski definition) is 1. The maximum atomic E-state index is 11.9. The van der Waals surface area contributed by atoms with Gasteiger partial charge in [0.15, 0.2) is 0 Å². The summed E-state index contributed by atoms with van der Waals surface area (Å²) >= 11 is 0. The third-order valence-corrected chi connectivity index (χ3v) is 4.88. The van der Waals surface area contributed by atoms with Crippen molar-refractivity contribution in [1.82, 2.24) is 10.2 Å². The molecule has 3 heteroatoms. The minimum absolute atomic E-state index is 0.180. The van der Waals surface area contributed by atoms with Crippen molar-refractivity contribution in [2.75, 3.05) is 26.2 Å². The second kappa shape index (κ2) is 9.71. The Bertz CT molecular complexity index is 490. The number of benzene rings is 1. The van der Waals surface area contributed by atoms with E-state index in [2.05, 4.69) is 42.3 Å². The van der Waals surface area contributed by atoms with Crippen molar-refractivity contribution < 1.29 is 4.79 Å². The average molecular weight is 316 g/mol. The van der Waals surface area contributed by atoms with E-state index >= 15 is 0 Å². The molecule has 1 heterocycles. The molecular weight excluding hydrogens is 284 g/mol. The first kappa shape index (κ1) is 18.0. The second-order valence-corrected chi connectivity index (χ2v) is 6.88. The predicted molar refractivity (Wildman–Crippen MR) is 96.8 cm³/mol. The third kappa shape index (κ3) is 6.74. The molecule has 0 bridgehead atoms. The molecule has 23 heavy (non-hydrogen) atoms. The Morgan fingerprint density at radius 2 is 1.83 bits per heavy atom. The fourth-order valence-electron chi connectivity index (χ4n) is 3.20. The molecule has 1 saturated heterocycles. The molecule has 0 spiro atoms. The molecule has 0 saturated carbocycles. The number of carbonyl (C=O) groups excluding carboxylic acids is 1. The smallest absolute Gasteiger partial charge is 0.220 e. The van der Waals surface area contributed by atoms with Crippen molar-refractivity contribution in [3.63, 3.8) is 0 Å². The number of rotatable bonds is 7. The Balaban J connectivity index is 1.58. The van der Waals surface area contributed by atoms with E-state index in [0.717, 1.165) is 25.9 Å². The molecule has 1 aromatic carbocycles. The van der Waals surface area contributed by atoms with Gasteiger partial charge in [0.25, 0.3) is 0 Å². The molecule has 128 valence electrons. The maximum Gasteiger partial charge on any atom is 0.220 e. The monoisotopic (exact) mass is 316 g/mol. The number of carbonyl (C=O) groups is 1. The predicted octanol–water partition coefficient (Wildman–Crippen LogP) is 3.62. The molecule has 1 amide bonds. The van der Waals surface area contributed by atoms with Crippen LogP contribution in [0.25, 0.3) is 0 Å². The number of nitrogens with zero attached hydrogens (tertiary/aromatic N) is 1. The number of amides is 1. The van der Waals surface area contributed by atoms with Crippen molar-refractivity contribution in [2.24, 2.45) is 0 Å². The van der Waals surface area contributed by atoms with E-state index in [-0.39, 0.29) is 5.91 Å². The molecule has 1 aromatic rings. The molecule has 0 atom stereocenters. The highest BCUT2D eigenvalue weighted by Crippen LogP contribution is 2.11. The van der Waals surface area contributed by atoms with Crippen LogP contribution < -0.4 is 5.32 Å². The van der Waals surface area contributed by atoms with Gasteiger partial charge in [-0.3, -0.25) is 4.79 Å². The highest BCUT2D eigenvalue weighted by atomic mass is 16.1. The summed E-state index contributed by atoms with van der Waals surface area (Å²) in [6, 6.07) is 6.47.